The molecule has 106 valence electrons. The Kier molecular flexibility index (Phi) is 4.23. The third kappa shape index (κ3) is 3.26. The van der Waals surface area contributed by atoms with Gasteiger partial charge in [0.05, 0.1) is 11.6 Å². The second-order valence-electron chi connectivity index (χ2n) is 5.39. The van der Waals surface area contributed by atoms with E-state index in [9.17, 15) is 9.90 Å². The third-order valence-corrected chi connectivity index (χ3v) is 3.38. The number of benzene rings is 1. The molecule has 0 aliphatic rings. The lowest BCUT2D eigenvalue weighted by Gasteiger charge is -2.12. The number of carboxylic acid groups (broad SMARTS) is 1. The van der Waals surface area contributed by atoms with Gasteiger partial charge in [-0.15, -0.1) is 0 Å². The Labute approximate surface area is 119 Å². The first kappa shape index (κ1) is 14.3. The minimum atomic E-state index is -0.812. The minimum absolute atomic E-state index is 0.284. The van der Waals surface area contributed by atoms with Gasteiger partial charge in [0, 0.05) is 18.7 Å². The number of aromatic nitrogens is 2. The fourth-order valence-electron chi connectivity index (χ4n) is 2.13. The highest BCUT2D eigenvalue weighted by Gasteiger charge is 2.21. The van der Waals surface area contributed by atoms with E-state index in [4.69, 9.17) is 0 Å². The van der Waals surface area contributed by atoms with E-state index in [-0.39, 0.29) is 6.04 Å². The van der Waals surface area contributed by atoms with Gasteiger partial charge in [0.2, 0.25) is 0 Å². The number of aryl methyl sites for hydroxylation is 1. The van der Waals surface area contributed by atoms with Crippen LogP contribution in [0.4, 0.5) is 0 Å². The summed E-state index contributed by atoms with van der Waals surface area (Å²) >= 11 is 0. The number of aliphatic carboxylic acids is 1. The van der Waals surface area contributed by atoms with E-state index in [1.807, 2.05) is 62.0 Å². The fraction of sp³-hybridized carbons (Fsp3) is 0.375. The molecule has 0 spiro atoms. The van der Waals surface area contributed by atoms with Crippen molar-refractivity contribution >= 4 is 5.97 Å². The molecule has 2 rings (SSSR count). The van der Waals surface area contributed by atoms with Gasteiger partial charge in [0.1, 0.15) is 0 Å². The van der Waals surface area contributed by atoms with Gasteiger partial charge < -0.3 is 5.11 Å². The lowest BCUT2D eigenvalue weighted by molar-refractivity contribution is -0.138. The monoisotopic (exact) mass is 272 g/mol. The molecule has 4 nitrogen and oxygen atoms in total. The molecule has 4 heteroatoms. The van der Waals surface area contributed by atoms with Crippen LogP contribution < -0.4 is 0 Å². The van der Waals surface area contributed by atoms with Crippen LogP contribution in [0.5, 0.6) is 0 Å². The molecule has 1 heterocycles. The van der Waals surface area contributed by atoms with Gasteiger partial charge in [-0.05, 0) is 32.4 Å². The molecule has 1 aromatic carbocycles. The van der Waals surface area contributed by atoms with E-state index in [2.05, 4.69) is 5.10 Å². The van der Waals surface area contributed by atoms with Crippen LogP contribution in [-0.2, 0) is 11.2 Å². The summed E-state index contributed by atoms with van der Waals surface area (Å²) in [5.74, 6) is -1.36. The second kappa shape index (κ2) is 5.90. The van der Waals surface area contributed by atoms with Crippen molar-refractivity contribution in [3.05, 3.63) is 53.3 Å². The van der Waals surface area contributed by atoms with Crippen molar-refractivity contribution in [3.8, 4) is 0 Å². The van der Waals surface area contributed by atoms with E-state index in [1.165, 1.54) is 0 Å². The first-order valence-electron chi connectivity index (χ1n) is 6.80. The van der Waals surface area contributed by atoms with Crippen LogP contribution in [-0.4, -0.2) is 20.9 Å². The molecule has 1 N–H and O–H groups in total. The zero-order valence-electron chi connectivity index (χ0n) is 12.1. The first-order valence-corrected chi connectivity index (χ1v) is 6.80. The Morgan fingerprint density at radius 3 is 2.40 bits per heavy atom. The van der Waals surface area contributed by atoms with Crippen molar-refractivity contribution in [1.29, 1.82) is 0 Å². The number of carboxylic acids is 1. The summed E-state index contributed by atoms with van der Waals surface area (Å²) in [5.41, 5.74) is 2.76. The van der Waals surface area contributed by atoms with Gasteiger partial charge in [0.25, 0.3) is 0 Å². The topological polar surface area (TPSA) is 55.1 Å². The molecule has 0 saturated carbocycles. The zero-order chi connectivity index (χ0) is 14.7. The minimum Gasteiger partial charge on any atom is -0.481 e. The number of nitrogens with zero attached hydrogens (tertiary/aromatic N) is 2. The normalized spacial score (nSPS) is 12.6. The summed E-state index contributed by atoms with van der Waals surface area (Å²) in [6.45, 7) is 6.08. The van der Waals surface area contributed by atoms with E-state index in [0.717, 1.165) is 16.8 Å². The highest BCUT2D eigenvalue weighted by molar-refractivity contribution is 5.76. The fourth-order valence-corrected chi connectivity index (χ4v) is 2.13. The molecule has 2 aromatic rings. The zero-order valence-corrected chi connectivity index (χ0v) is 12.1. The van der Waals surface area contributed by atoms with Crippen molar-refractivity contribution in [1.82, 2.24) is 9.78 Å². The second-order valence-corrected chi connectivity index (χ2v) is 5.39. The SMILES string of the molecule is Cc1ccc(C(Cc2ccn(C(C)C)n2)C(=O)O)cc1. The van der Waals surface area contributed by atoms with Gasteiger partial charge >= 0.3 is 5.97 Å². The summed E-state index contributed by atoms with van der Waals surface area (Å²) in [5, 5.41) is 13.9. The molecule has 0 aliphatic heterocycles. The van der Waals surface area contributed by atoms with Gasteiger partial charge in [-0.2, -0.15) is 5.10 Å². The quantitative estimate of drug-likeness (QED) is 0.909. The summed E-state index contributed by atoms with van der Waals surface area (Å²) in [7, 11) is 0. The maximum atomic E-state index is 11.5. The van der Waals surface area contributed by atoms with Crippen LogP contribution in [0.2, 0.25) is 0 Å². The Morgan fingerprint density at radius 2 is 1.90 bits per heavy atom. The number of hydrogen-bond acceptors (Lipinski definition) is 2. The molecule has 20 heavy (non-hydrogen) atoms. The van der Waals surface area contributed by atoms with Crippen molar-refractivity contribution < 1.29 is 9.90 Å². The predicted octanol–water partition coefficient (Wildman–Crippen LogP) is 3.18. The van der Waals surface area contributed by atoms with E-state index in [0.29, 0.717) is 6.42 Å². The number of rotatable bonds is 5. The molecule has 1 aromatic heterocycles. The highest BCUT2D eigenvalue weighted by Crippen LogP contribution is 2.21. The molecule has 1 atom stereocenters. The molecule has 0 amide bonds. The van der Waals surface area contributed by atoms with Gasteiger partial charge in [-0.3, -0.25) is 9.48 Å². The average Bonchev–Trinajstić information content (AvgIpc) is 2.86. The van der Waals surface area contributed by atoms with E-state index >= 15 is 0 Å². The van der Waals surface area contributed by atoms with Crippen LogP contribution >= 0.6 is 0 Å². The predicted molar refractivity (Wildman–Crippen MR) is 77.9 cm³/mol. The maximum absolute atomic E-state index is 11.5. The molecular weight excluding hydrogens is 252 g/mol. The molecule has 1 unspecified atom stereocenters. The van der Waals surface area contributed by atoms with Gasteiger partial charge in [0.15, 0.2) is 0 Å². The lowest BCUT2D eigenvalue weighted by Crippen LogP contribution is -2.15. The van der Waals surface area contributed by atoms with E-state index in [1.54, 1.807) is 0 Å². The molecular formula is C16H20N2O2. The molecule has 0 fully saturated rings. The van der Waals surface area contributed by atoms with Gasteiger partial charge in [-0.1, -0.05) is 29.8 Å². The Bertz CT molecular complexity index is 585. The highest BCUT2D eigenvalue weighted by atomic mass is 16.4. The van der Waals surface area contributed by atoms with Crippen LogP contribution in [0.25, 0.3) is 0 Å². The van der Waals surface area contributed by atoms with Crippen LogP contribution in [0.1, 0.15) is 42.6 Å². The molecule has 0 radical (unpaired) electrons. The third-order valence-electron chi connectivity index (χ3n) is 3.38. The first-order chi connectivity index (χ1) is 9.47. The Morgan fingerprint density at radius 1 is 1.25 bits per heavy atom. The number of hydrogen-bond donors (Lipinski definition) is 1. The van der Waals surface area contributed by atoms with Crippen molar-refractivity contribution in [2.75, 3.05) is 0 Å². The van der Waals surface area contributed by atoms with Crippen LogP contribution in [0, 0.1) is 6.92 Å². The summed E-state index contributed by atoms with van der Waals surface area (Å²) < 4.78 is 1.85. The molecule has 0 saturated heterocycles. The Hall–Kier alpha value is -2.10. The lowest BCUT2D eigenvalue weighted by atomic mass is 9.94. The summed E-state index contributed by atoms with van der Waals surface area (Å²) in [6.07, 6.45) is 2.31. The Balaban J connectivity index is 2.21. The molecule has 0 bridgehead atoms. The van der Waals surface area contributed by atoms with Crippen LogP contribution in [0.3, 0.4) is 0 Å². The van der Waals surface area contributed by atoms with Crippen molar-refractivity contribution in [3.63, 3.8) is 0 Å². The van der Waals surface area contributed by atoms with E-state index < -0.39 is 11.9 Å². The summed E-state index contributed by atoms with van der Waals surface area (Å²) in [4.78, 5) is 11.5. The van der Waals surface area contributed by atoms with Crippen molar-refractivity contribution in [2.24, 2.45) is 0 Å². The standard InChI is InChI=1S/C16H20N2O2/c1-11(2)18-9-8-14(17-18)10-15(16(19)20)13-6-4-12(3)5-7-13/h4-9,11,15H,10H2,1-3H3,(H,19,20). The molecule has 0 aliphatic carbocycles. The largest absolute Gasteiger partial charge is 0.481 e. The average molecular weight is 272 g/mol. The van der Waals surface area contributed by atoms with Gasteiger partial charge in [-0.25, -0.2) is 0 Å². The van der Waals surface area contributed by atoms with Crippen molar-refractivity contribution in [2.45, 2.75) is 39.2 Å². The summed E-state index contributed by atoms with van der Waals surface area (Å²) in [6, 6.07) is 9.83. The van der Waals surface area contributed by atoms with Crippen LogP contribution in [0.15, 0.2) is 36.5 Å². The number of carbonyl (C=O) groups is 1. The maximum Gasteiger partial charge on any atom is 0.311 e. The smallest absolute Gasteiger partial charge is 0.311 e.